The summed E-state index contributed by atoms with van der Waals surface area (Å²) in [5.41, 5.74) is 2.58. The predicted molar refractivity (Wildman–Crippen MR) is 104 cm³/mol. The van der Waals surface area contributed by atoms with Crippen LogP contribution in [0.4, 0.5) is 0 Å². The van der Waals surface area contributed by atoms with E-state index in [9.17, 15) is 9.59 Å². The van der Waals surface area contributed by atoms with E-state index in [0.717, 1.165) is 11.3 Å². The highest BCUT2D eigenvalue weighted by Crippen LogP contribution is 2.15. The van der Waals surface area contributed by atoms with Crippen molar-refractivity contribution < 1.29 is 9.59 Å². The Hall–Kier alpha value is -3.00. The molecule has 1 atom stereocenters. The van der Waals surface area contributed by atoms with E-state index in [1.807, 2.05) is 36.6 Å². The Kier molecular flexibility index (Phi) is 6.32. The molecule has 0 aliphatic heterocycles. The first kappa shape index (κ1) is 18.8. The topological polar surface area (TPSA) is 88.9 Å². The molecule has 3 rings (SSSR count). The number of nitrogens with one attached hydrogen (secondary N) is 2. The summed E-state index contributed by atoms with van der Waals surface area (Å²) < 4.78 is 1.68. The summed E-state index contributed by atoms with van der Waals surface area (Å²) in [4.78, 5) is 27.8. The number of nitrogens with zero attached hydrogens (tertiary/aromatic N) is 3. The van der Waals surface area contributed by atoms with Gasteiger partial charge in [0, 0.05) is 23.9 Å². The Morgan fingerprint density at radius 1 is 1.22 bits per heavy atom. The Balaban J connectivity index is 1.40. The number of amides is 2. The van der Waals surface area contributed by atoms with E-state index >= 15 is 0 Å². The molecule has 3 aromatic rings. The molecule has 27 heavy (non-hydrogen) atoms. The van der Waals surface area contributed by atoms with Gasteiger partial charge in [-0.2, -0.15) is 16.4 Å². The first-order valence-corrected chi connectivity index (χ1v) is 9.62. The number of rotatable bonds is 8. The van der Waals surface area contributed by atoms with Crippen LogP contribution >= 0.6 is 11.3 Å². The monoisotopic (exact) mass is 383 g/mol. The van der Waals surface area contributed by atoms with Crippen molar-refractivity contribution in [2.75, 3.05) is 6.54 Å². The van der Waals surface area contributed by atoms with Crippen molar-refractivity contribution >= 4 is 23.2 Å². The van der Waals surface area contributed by atoms with E-state index in [1.54, 1.807) is 22.5 Å². The third-order valence-corrected chi connectivity index (χ3v) is 4.79. The molecule has 2 amide bonds. The van der Waals surface area contributed by atoms with Gasteiger partial charge in [0.05, 0.1) is 11.7 Å². The molecule has 7 nitrogen and oxygen atoms in total. The van der Waals surface area contributed by atoms with Gasteiger partial charge in [-0.1, -0.05) is 12.1 Å². The van der Waals surface area contributed by atoms with E-state index in [1.165, 1.54) is 17.7 Å². The van der Waals surface area contributed by atoms with Gasteiger partial charge in [-0.25, -0.2) is 9.67 Å². The minimum Gasteiger partial charge on any atom is -0.352 e. The van der Waals surface area contributed by atoms with Gasteiger partial charge in [0.15, 0.2) is 0 Å². The Labute approximate surface area is 161 Å². The molecule has 2 aromatic heterocycles. The average Bonchev–Trinajstić information content (AvgIpc) is 3.39. The highest BCUT2D eigenvalue weighted by atomic mass is 32.1. The third-order valence-electron chi connectivity index (χ3n) is 4.10. The number of benzene rings is 1. The van der Waals surface area contributed by atoms with Crippen LogP contribution in [-0.4, -0.2) is 33.1 Å². The molecule has 0 fully saturated rings. The summed E-state index contributed by atoms with van der Waals surface area (Å²) in [6.45, 7) is 2.42. The SMILES string of the molecule is CC(NC(=O)CCCNC(=O)c1ccsc1)c1ccc(-n2cncn2)cc1. The fourth-order valence-electron chi connectivity index (χ4n) is 2.60. The van der Waals surface area contributed by atoms with Crippen LogP contribution in [0.3, 0.4) is 0 Å². The summed E-state index contributed by atoms with van der Waals surface area (Å²) in [5, 5.41) is 13.6. The molecule has 0 radical (unpaired) electrons. The van der Waals surface area contributed by atoms with E-state index in [2.05, 4.69) is 20.7 Å². The van der Waals surface area contributed by atoms with Crippen molar-refractivity contribution in [3.05, 3.63) is 64.9 Å². The highest BCUT2D eigenvalue weighted by Gasteiger charge is 2.10. The standard InChI is InChI=1S/C19H21N5O2S/c1-14(15-4-6-17(7-5-15)24-13-20-12-22-24)23-18(25)3-2-9-21-19(26)16-8-10-27-11-16/h4-8,10-14H,2-3,9H2,1H3,(H,21,26)(H,23,25). The zero-order valence-electron chi connectivity index (χ0n) is 15.0. The van der Waals surface area contributed by atoms with Gasteiger partial charge in [0.1, 0.15) is 12.7 Å². The van der Waals surface area contributed by atoms with Crippen LogP contribution in [0.25, 0.3) is 5.69 Å². The quantitative estimate of drug-likeness (QED) is 0.586. The molecule has 0 saturated carbocycles. The maximum Gasteiger partial charge on any atom is 0.252 e. The van der Waals surface area contributed by atoms with Crippen LogP contribution in [-0.2, 0) is 4.79 Å². The Morgan fingerprint density at radius 2 is 2.04 bits per heavy atom. The molecule has 0 aliphatic rings. The lowest BCUT2D eigenvalue weighted by molar-refractivity contribution is -0.121. The molecule has 1 unspecified atom stereocenters. The molecule has 1 aromatic carbocycles. The summed E-state index contributed by atoms with van der Waals surface area (Å²) in [6.07, 6.45) is 4.09. The summed E-state index contributed by atoms with van der Waals surface area (Å²) >= 11 is 1.48. The lowest BCUT2D eigenvalue weighted by Crippen LogP contribution is -2.28. The number of hydrogen-bond acceptors (Lipinski definition) is 5. The van der Waals surface area contributed by atoms with Crippen molar-refractivity contribution in [3.8, 4) is 5.69 Å². The fraction of sp³-hybridized carbons (Fsp3) is 0.263. The summed E-state index contributed by atoms with van der Waals surface area (Å²) in [5.74, 6) is -0.134. The molecule has 140 valence electrons. The Bertz CT molecular complexity index is 860. The first-order chi connectivity index (χ1) is 13.1. The second-order valence-electron chi connectivity index (χ2n) is 6.09. The molecule has 0 saturated heterocycles. The van der Waals surface area contributed by atoms with Gasteiger partial charge in [0.25, 0.3) is 5.91 Å². The van der Waals surface area contributed by atoms with Gasteiger partial charge in [0.2, 0.25) is 5.91 Å². The number of carbonyl (C=O) groups is 2. The number of thiophene rings is 1. The molecule has 2 heterocycles. The maximum absolute atomic E-state index is 12.1. The van der Waals surface area contributed by atoms with Crippen molar-refractivity contribution in [1.82, 2.24) is 25.4 Å². The molecule has 0 spiro atoms. The molecular weight excluding hydrogens is 362 g/mol. The van der Waals surface area contributed by atoms with Crippen molar-refractivity contribution in [2.24, 2.45) is 0 Å². The lowest BCUT2D eigenvalue weighted by atomic mass is 10.1. The van der Waals surface area contributed by atoms with Crippen LogP contribution in [0.15, 0.2) is 53.7 Å². The van der Waals surface area contributed by atoms with Crippen LogP contribution in [0, 0.1) is 0 Å². The van der Waals surface area contributed by atoms with Crippen LogP contribution in [0.1, 0.15) is 41.7 Å². The minimum atomic E-state index is -0.0995. The van der Waals surface area contributed by atoms with Crippen molar-refractivity contribution in [1.29, 1.82) is 0 Å². The number of aromatic nitrogens is 3. The normalized spacial score (nSPS) is 11.7. The number of hydrogen-bond donors (Lipinski definition) is 2. The van der Waals surface area contributed by atoms with Gasteiger partial charge in [-0.3, -0.25) is 9.59 Å². The predicted octanol–water partition coefficient (Wildman–Crippen LogP) is 2.72. The second kappa shape index (κ2) is 9.09. The van der Waals surface area contributed by atoms with Crippen molar-refractivity contribution in [3.63, 3.8) is 0 Å². The van der Waals surface area contributed by atoms with Crippen LogP contribution < -0.4 is 10.6 Å². The summed E-state index contributed by atoms with van der Waals surface area (Å²) in [7, 11) is 0. The van der Waals surface area contributed by atoms with E-state index in [4.69, 9.17) is 0 Å². The van der Waals surface area contributed by atoms with Gasteiger partial charge < -0.3 is 10.6 Å². The van der Waals surface area contributed by atoms with E-state index in [0.29, 0.717) is 24.9 Å². The molecule has 0 bridgehead atoms. The van der Waals surface area contributed by atoms with E-state index in [-0.39, 0.29) is 17.9 Å². The molecule has 0 aliphatic carbocycles. The van der Waals surface area contributed by atoms with Crippen molar-refractivity contribution in [2.45, 2.75) is 25.8 Å². The zero-order valence-corrected chi connectivity index (χ0v) is 15.8. The highest BCUT2D eigenvalue weighted by molar-refractivity contribution is 7.08. The number of carbonyl (C=O) groups excluding carboxylic acids is 2. The third kappa shape index (κ3) is 5.24. The smallest absolute Gasteiger partial charge is 0.252 e. The first-order valence-electron chi connectivity index (χ1n) is 8.68. The average molecular weight is 383 g/mol. The van der Waals surface area contributed by atoms with E-state index < -0.39 is 0 Å². The maximum atomic E-state index is 12.1. The lowest BCUT2D eigenvalue weighted by Gasteiger charge is -2.15. The zero-order chi connectivity index (χ0) is 19.1. The molecule has 8 heteroatoms. The molecular formula is C19H21N5O2S. The Morgan fingerprint density at radius 3 is 2.70 bits per heavy atom. The largest absolute Gasteiger partial charge is 0.352 e. The van der Waals surface area contributed by atoms with Crippen LogP contribution in [0.5, 0.6) is 0 Å². The summed E-state index contributed by atoms with van der Waals surface area (Å²) in [6, 6.07) is 9.48. The van der Waals surface area contributed by atoms with Gasteiger partial charge in [-0.15, -0.1) is 0 Å². The minimum absolute atomic E-state index is 0.0346. The molecule has 2 N–H and O–H groups in total. The van der Waals surface area contributed by atoms with Gasteiger partial charge >= 0.3 is 0 Å². The van der Waals surface area contributed by atoms with Crippen LogP contribution in [0.2, 0.25) is 0 Å². The van der Waals surface area contributed by atoms with Gasteiger partial charge in [-0.05, 0) is 42.5 Å². The fourth-order valence-corrected chi connectivity index (χ4v) is 3.24. The second-order valence-corrected chi connectivity index (χ2v) is 6.87.